The molecule has 126 valence electrons. The molecular formula is C20H28Br2Zr. The van der Waals surface area contributed by atoms with Crippen LogP contribution < -0.4 is 0 Å². The predicted octanol–water partition coefficient (Wildman–Crippen LogP) is 6.89. The first-order valence-corrected chi connectivity index (χ1v) is 8.48. The number of rotatable bonds is 2. The molecule has 4 aliphatic carbocycles. The molecule has 4 rings (SSSR count). The molecule has 3 heteroatoms. The molecule has 0 aromatic carbocycles. The maximum Gasteiger partial charge on any atom is 2.00 e. The molecule has 0 N–H and O–H groups in total. The minimum absolute atomic E-state index is 0. The zero-order valence-electron chi connectivity index (χ0n) is 13.9. The SMILES string of the molecule is Br.Br.[C-]1=C(C2CCCC2)C=CC1.[C-]1=C(C2CCCC2)C=CC1.[Zr+2]. The average molecular weight is 519 g/mol. The Balaban J connectivity index is 0.000000372. The van der Waals surface area contributed by atoms with Gasteiger partial charge in [0.15, 0.2) is 0 Å². The van der Waals surface area contributed by atoms with E-state index >= 15 is 0 Å². The molecule has 0 nitrogen and oxygen atoms in total. The smallest absolute Gasteiger partial charge is 0.269 e. The van der Waals surface area contributed by atoms with Crippen LogP contribution in [0.15, 0.2) is 35.5 Å². The van der Waals surface area contributed by atoms with Gasteiger partial charge in [0.05, 0.1) is 0 Å². The van der Waals surface area contributed by atoms with Gasteiger partial charge < -0.3 is 0 Å². The summed E-state index contributed by atoms with van der Waals surface area (Å²) >= 11 is 0. The standard InChI is InChI=1S/2C10H13.2BrH.Zr/c2*1-2-6-9(5-1)10-7-3-4-8-10;;;/h2*1,5,10H,2-4,7-8H2;2*1H;/q2*-1;;;+2. The topological polar surface area (TPSA) is 0 Å². The van der Waals surface area contributed by atoms with Crippen molar-refractivity contribution in [2.75, 3.05) is 0 Å². The Labute approximate surface area is 182 Å². The van der Waals surface area contributed by atoms with E-state index in [-0.39, 0.29) is 60.2 Å². The van der Waals surface area contributed by atoms with E-state index in [1.807, 2.05) is 0 Å². The van der Waals surface area contributed by atoms with Crippen LogP contribution >= 0.6 is 34.0 Å². The third-order valence-electron chi connectivity index (χ3n) is 5.03. The number of hydrogen-bond donors (Lipinski definition) is 0. The quantitative estimate of drug-likeness (QED) is 0.349. The van der Waals surface area contributed by atoms with Gasteiger partial charge in [-0.15, -0.1) is 46.8 Å². The summed E-state index contributed by atoms with van der Waals surface area (Å²) in [7, 11) is 0. The first-order chi connectivity index (χ1) is 9.93. The van der Waals surface area contributed by atoms with Crippen LogP contribution in [0.1, 0.15) is 64.2 Å². The monoisotopic (exact) mass is 516 g/mol. The summed E-state index contributed by atoms with van der Waals surface area (Å²) in [5.74, 6) is 1.75. The summed E-state index contributed by atoms with van der Waals surface area (Å²) in [4.78, 5) is 0. The van der Waals surface area contributed by atoms with Gasteiger partial charge in [0, 0.05) is 0 Å². The molecule has 0 spiro atoms. The first-order valence-electron chi connectivity index (χ1n) is 8.48. The third kappa shape index (κ3) is 7.29. The van der Waals surface area contributed by atoms with Crippen LogP contribution in [0.2, 0.25) is 0 Å². The Kier molecular flexibility index (Phi) is 13.5. The second-order valence-electron chi connectivity index (χ2n) is 6.44. The maximum atomic E-state index is 3.40. The van der Waals surface area contributed by atoms with E-state index in [1.54, 1.807) is 0 Å². The minimum Gasteiger partial charge on any atom is -0.269 e. The Bertz CT molecular complexity index is 395. The van der Waals surface area contributed by atoms with Crippen molar-refractivity contribution in [2.45, 2.75) is 64.2 Å². The Morgan fingerprint density at radius 1 is 0.652 bits per heavy atom. The number of halogens is 2. The van der Waals surface area contributed by atoms with Crippen LogP contribution in [0.5, 0.6) is 0 Å². The Morgan fingerprint density at radius 3 is 1.26 bits per heavy atom. The van der Waals surface area contributed by atoms with Crippen molar-refractivity contribution < 1.29 is 26.2 Å². The first kappa shape index (κ1) is 23.8. The number of allylic oxidation sites excluding steroid dienone is 8. The summed E-state index contributed by atoms with van der Waals surface area (Å²) in [6, 6.07) is 0. The maximum absolute atomic E-state index is 3.40. The summed E-state index contributed by atoms with van der Waals surface area (Å²) in [6.07, 6.45) is 29.3. The minimum atomic E-state index is 0. The van der Waals surface area contributed by atoms with E-state index in [9.17, 15) is 0 Å². The predicted molar refractivity (Wildman–Crippen MR) is 106 cm³/mol. The zero-order chi connectivity index (χ0) is 13.6. The molecule has 0 aliphatic heterocycles. The van der Waals surface area contributed by atoms with Crippen molar-refractivity contribution in [1.29, 1.82) is 0 Å². The molecule has 0 aromatic heterocycles. The fourth-order valence-corrected chi connectivity index (χ4v) is 3.88. The van der Waals surface area contributed by atoms with E-state index in [0.29, 0.717) is 0 Å². The van der Waals surface area contributed by atoms with Gasteiger partial charge in [-0.3, -0.25) is 12.2 Å². The summed E-state index contributed by atoms with van der Waals surface area (Å²) in [5.41, 5.74) is 3.00. The van der Waals surface area contributed by atoms with Crippen LogP contribution in [0.25, 0.3) is 0 Å². The van der Waals surface area contributed by atoms with Gasteiger partial charge in [-0.25, -0.2) is 23.3 Å². The number of hydrogen-bond acceptors (Lipinski definition) is 0. The van der Waals surface area contributed by atoms with E-state index in [2.05, 4.69) is 36.5 Å². The van der Waals surface area contributed by atoms with Crippen LogP contribution in [0, 0.1) is 24.0 Å². The van der Waals surface area contributed by atoms with Crippen LogP contribution in [-0.2, 0) is 26.2 Å². The molecule has 0 unspecified atom stereocenters. The van der Waals surface area contributed by atoms with E-state index in [4.69, 9.17) is 0 Å². The van der Waals surface area contributed by atoms with E-state index in [0.717, 1.165) is 24.7 Å². The second kappa shape index (κ2) is 13.1. The van der Waals surface area contributed by atoms with Crippen molar-refractivity contribution in [2.24, 2.45) is 11.8 Å². The van der Waals surface area contributed by atoms with E-state index < -0.39 is 0 Å². The average Bonchev–Trinajstić information content (AvgIpc) is 3.29. The zero-order valence-corrected chi connectivity index (χ0v) is 19.7. The van der Waals surface area contributed by atoms with Gasteiger partial charge in [0.1, 0.15) is 0 Å². The summed E-state index contributed by atoms with van der Waals surface area (Å²) < 4.78 is 0. The van der Waals surface area contributed by atoms with Gasteiger partial charge in [0.25, 0.3) is 0 Å². The van der Waals surface area contributed by atoms with E-state index in [1.165, 1.54) is 62.5 Å². The molecular weight excluding hydrogens is 491 g/mol. The Hall–Kier alpha value is 0.803. The largest absolute Gasteiger partial charge is 2.00 e. The molecule has 0 radical (unpaired) electrons. The molecule has 4 aliphatic rings. The van der Waals surface area contributed by atoms with Gasteiger partial charge in [-0.1, -0.05) is 25.7 Å². The summed E-state index contributed by atoms with van der Waals surface area (Å²) in [5, 5.41) is 0. The van der Waals surface area contributed by atoms with Crippen LogP contribution in [-0.4, -0.2) is 0 Å². The molecule has 0 atom stereocenters. The molecule has 2 saturated carbocycles. The molecule has 0 bridgehead atoms. The van der Waals surface area contributed by atoms with Crippen LogP contribution in [0.3, 0.4) is 0 Å². The van der Waals surface area contributed by atoms with Crippen molar-refractivity contribution in [3.63, 3.8) is 0 Å². The van der Waals surface area contributed by atoms with Gasteiger partial charge in [0.2, 0.25) is 0 Å². The van der Waals surface area contributed by atoms with Gasteiger partial charge in [-0.2, -0.15) is 12.2 Å². The molecule has 0 saturated heterocycles. The molecule has 2 fully saturated rings. The van der Waals surface area contributed by atoms with Crippen molar-refractivity contribution >= 4 is 34.0 Å². The molecule has 23 heavy (non-hydrogen) atoms. The third-order valence-corrected chi connectivity index (χ3v) is 5.03. The molecule has 0 heterocycles. The second-order valence-corrected chi connectivity index (χ2v) is 6.44. The van der Waals surface area contributed by atoms with Crippen molar-refractivity contribution in [3.8, 4) is 0 Å². The summed E-state index contributed by atoms with van der Waals surface area (Å²) in [6.45, 7) is 0. The molecule has 0 aromatic rings. The van der Waals surface area contributed by atoms with Crippen LogP contribution in [0.4, 0.5) is 0 Å². The molecule has 0 amide bonds. The van der Waals surface area contributed by atoms with Crippen molar-refractivity contribution in [1.82, 2.24) is 0 Å². The van der Waals surface area contributed by atoms with Gasteiger partial charge >= 0.3 is 26.2 Å². The Morgan fingerprint density at radius 2 is 1.00 bits per heavy atom. The fraction of sp³-hybridized carbons (Fsp3) is 0.600. The van der Waals surface area contributed by atoms with Gasteiger partial charge in [-0.05, 0) is 37.5 Å². The normalized spacial score (nSPS) is 22.4. The fourth-order valence-electron chi connectivity index (χ4n) is 3.88. The van der Waals surface area contributed by atoms with Crippen molar-refractivity contribution in [3.05, 3.63) is 47.6 Å².